The third kappa shape index (κ3) is 4.20. The first-order valence-corrected chi connectivity index (χ1v) is 11.8. The summed E-state index contributed by atoms with van der Waals surface area (Å²) in [6.45, 7) is 0.106. The van der Waals surface area contributed by atoms with Crippen molar-refractivity contribution in [2.75, 3.05) is 14.1 Å². The second-order valence-corrected chi connectivity index (χ2v) is 10.0. The summed E-state index contributed by atoms with van der Waals surface area (Å²) in [5.74, 6) is -1.99. The Morgan fingerprint density at radius 2 is 1.65 bits per heavy atom. The zero-order chi connectivity index (χ0) is 24.5. The van der Waals surface area contributed by atoms with Crippen molar-refractivity contribution in [3.8, 4) is 0 Å². The largest absolute Gasteiger partial charge is 0.507 e. The number of sulfonamides is 1. The molecule has 10 heteroatoms. The molecule has 3 aromatic rings. The molecule has 0 bridgehead atoms. The molecule has 9 nitrogen and oxygen atoms in total. The van der Waals surface area contributed by atoms with Crippen LogP contribution in [0.3, 0.4) is 0 Å². The fraction of sp³-hybridized carbons (Fsp3) is 0.167. The van der Waals surface area contributed by atoms with Crippen LogP contribution in [0.1, 0.15) is 22.7 Å². The van der Waals surface area contributed by atoms with Gasteiger partial charge in [-0.3, -0.25) is 19.6 Å². The van der Waals surface area contributed by atoms with Gasteiger partial charge in [-0.25, -0.2) is 12.7 Å². The lowest BCUT2D eigenvalue weighted by Gasteiger charge is -2.25. The maximum absolute atomic E-state index is 13.1. The summed E-state index contributed by atoms with van der Waals surface area (Å²) >= 11 is 0. The Bertz CT molecular complexity index is 1360. The van der Waals surface area contributed by atoms with Crippen molar-refractivity contribution in [3.63, 3.8) is 0 Å². The van der Waals surface area contributed by atoms with Crippen LogP contribution in [0, 0.1) is 0 Å². The molecule has 1 aliphatic heterocycles. The van der Waals surface area contributed by atoms with Crippen LogP contribution < -0.4 is 0 Å². The highest BCUT2D eigenvalue weighted by Crippen LogP contribution is 2.40. The van der Waals surface area contributed by atoms with Crippen LogP contribution in [0.15, 0.2) is 83.8 Å². The van der Waals surface area contributed by atoms with E-state index in [1.165, 1.54) is 49.5 Å². The van der Waals surface area contributed by atoms with E-state index in [4.69, 9.17) is 0 Å². The Hall–Kier alpha value is -3.89. The second kappa shape index (κ2) is 9.16. The summed E-state index contributed by atoms with van der Waals surface area (Å²) in [6.07, 6.45) is 6.31. The van der Waals surface area contributed by atoms with Gasteiger partial charge in [-0.2, -0.15) is 0 Å². The zero-order valence-corrected chi connectivity index (χ0v) is 19.3. The van der Waals surface area contributed by atoms with Gasteiger partial charge in [-0.15, -0.1) is 0 Å². The number of hydrogen-bond acceptors (Lipinski definition) is 7. The van der Waals surface area contributed by atoms with Crippen molar-refractivity contribution in [2.45, 2.75) is 17.5 Å². The molecule has 1 amide bonds. The minimum absolute atomic E-state index is 0.0369. The van der Waals surface area contributed by atoms with Crippen molar-refractivity contribution in [2.24, 2.45) is 0 Å². The van der Waals surface area contributed by atoms with Crippen LogP contribution in [0.4, 0.5) is 0 Å². The third-order valence-electron chi connectivity index (χ3n) is 5.52. The standard InChI is InChI=1S/C24H22N4O5S/c1-27(2)34(32,33)19-9-7-17(8-10-19)22(29)20-21(18-6-4-12-26-14-18)28(24(31)23(20)30)15-16-5-3-11-25-13-16/h3-14,21,29H,15H2,1-2H3. The number of benzene rings is 1. The minimum atomic E-state index is -3.66. The van der Waals surface area contributed by atoms with Crippen LogP contribution in [-0.4, -0.2) is 58.5 Å². The summed E-state index contributed by atoms with van der Waals surface area (Å²) < 4.78 is 25.8. The molecule has 3 heterocycles. The summed E-state index contributed by atoms with van der Waals surface area (Å²) in [4.78, 5) is 35.6. The summed E-state index contributed by atoms with van der Waals surface area (Å²) in [7, 11) is -0.828. The Balaban J connectivity index is 1.81. The zero-order valence-electron chi connectivity index (χ0n) is 18.5. The molecule has 1 aliphatic rings. The van der Waals surface area contributed by atoms with Crippen LogP contribution in [0.5, 0.6) is 0 Å². The van der Waals surface area contributed by atoms with Gasteiger partial charge in [-0.1, -0.05) is 12.1 Å². The molecule has 0 aliphatic carbocycles. The normalized spacial score (nSPS) is 18.0. The Morgan fingerprint density at radius 1 is 1.00 bits per heavy atom. The van der Waals surface area contributed by atoms with Gasteiger partial charge in [0.25, 0.3) is 11.7 Å². The van der Waals surface area contributed by atoms with Crippen LogP contribution in [0.25, 0.3) is 5.76 Å². The number of aliphatic hydroxyl groups is 1. The van der Waals surface area contributed by atoms with Crippen molar-refractivity contribution >= 4 is 27.5 Å². The molecule has 0 radical (unpaired) electrons. The predicted octanol–water partition coefficient (Wildman–Crippen LogP) is 2.35. The number of carbonyl (C=O) groups excluding carboxylic acids is 2. The fourth-order valence-corrected chi connectivity index (χ4v) is 4.67. The molecule has 1 saturated heterocycles. The molecule has 0 saturated carbocycles. The molecule has 2 aromatic heterocycles. The average molecular weight is 479 g/mol. The number of nitrogens with zero attached hydrogens (tertiary/aromatic N) is 4. The van der Waals surface area contributed by atoms with E-state index in [2.05, 4.69) is 9.97 Å². The van der Waals surface area contributed by atoms with E-state index in [-0.39, 0.29) is 22.6 Å². The lowest BCUT2D eigenvalue weighted by Crippen LogP contribution is -2.29. The van der Waals surface area contributed by atoms with E-state index >= 15 is 0 Å². The van der Waals surface area contributed by atoms with Gasteiger partial charge in [0.15, 0.2) is 0 Å². The number of Topliss-reactive ketones (excluding diaryl/α,β-unsaturated/α-hetero) is 1. The maximum Gasteiger partial charge on any atom is 0.295 e. The SMILES string of the molecule is CN(C)S(=O)(=O)c1ccc(C(O)=C2C(=O)C(=O)N(Cc3cccnc3)C2c2cccnc2)cc1. The molecular formula is C24H22N4O5S. The summed E-state index contributed by atoms with van der Waals surface area (Å²) in [5.41, 5.74) is 1.39. The van der Waals surface area contributed by atoms with Crippen LogP contribution in [-0.2, 0) is 26.2 Å². The molecular weight excluding hydrogens is 456 g/mol. The highest BCUT2D eigenvalue weighted by molar-refractivity contribution is 7.89. The first kappa shape index (κ1) is 23.3. The van der Waals surface area contributed by atoms with Crippen molar-refractivity contribution < 1.29 is 23.1 Å². The van der Waals surface area contributed by atoms with E-state index in [0.717, 1.165) is 9.87 Å². The van der Waals surface area contributed by atoms with Gasteiger partial charge in [0.2, 0.25) is 10.0 Å². The Morgan fingerprint density at radius 3 is 2.21 bits per heavy atom. The van der Waals surface area contributed by atoms with Crippen molar-refractivity contribution in [3.05, 3.63) is 95.6 Å². The van der Waals surface area contributed by atoms with Gasteiger partial charge in [0.05, 0.1) is 16.5 Å². The van der Waals surface area contributed by atoms with E-state index in [1.807, 2.05) is 0 Å². The molecule has 34 heavy (non-hydrogen) atoms. The van der Waals surface area contributed by atoms with Gasteiger partial charge >= 0.3 is 0 Å². The molecule has 1 aromatic carbocycles. The molecule has 1 atom stereocenters. The number of hydrogen-bond donors (Lipinski definition) is 1. The molecule has 1 N–H and O–H groups in total. The number of aliphatic hydroxyl groups excluding tert-OH is 1. The Kier molecular flexibility index (Phi) is 6.27. The average Bonchev–Trinajstić information content (AvgIpc) is 3.09. The van der Waals surface area contributed by atoms with E-state index in [1.54, 1.807) is 42.9 Å². The number of aromatic nitrogens is 2. The number of carbonyl (C=O) groups is 2. The topological polar surface area (TPSA) is 121 Å². The lowest BCUT2D eigenvalue weighted by atomic mass is 9.96. The molecule has 1 fully saturated rings. The van der Waals surface area contributed by atoms with Gasteiger partial charge in [0, 0.05) is 51.0 Å². The smallest absolute Gasteiger partial charge is 0.295 e. The molecule has 174 valence electrons. The lowest BCUT2D eigenvalue weighted by molar-refractivity contribution is -0.140. The highest BCUT2D eigenvalue weighted by atomic mass is 32.2. The van der Waals surface area contributed by atoms with Gasteiger partial charge < -0.3 is 10.0 Å². The van der Waals surface area contributed by atoms with E-state index in [9.17, 15) is 23.1 Å². The van der Waals surface area contributed by atoms with Crippen molar-refractivity contribution in [1.82, 2.24) is 19.2 Å². The first-order chi connectivity index (χ1) is 16.2. The van der Waals surface area contributed by atoms with E-state index < -0.39 is 33.5 Å². The number of ketones is 1. The van der Waals surface area contributed by atoms with Gasteiger partial charge in [-0.05, 0) is 47.5 Å². The molecule has 4 rings (SSSR count). The monoisotopic (exact) mass is 478 g/mol. The van der Waals surface area contributed by atoms with Crippen LogP contribution >= 0.6 is 0 Å². The predicted molar refractivity (Wildman–Crippen MR) is 124 cm³/mol. The van der Waals surface area contributed by atoms with Crippen molar-refractivity contribution in [1.29, 1.82) is 0 Å². The summed E-state index contributed by atoms with van der Waals surface area (Å²) in [5, 5.41) is 11.1. The van der Waals surface area contributed by atoms with Gasteiger partial charge in [0.1, 0.15) is 5.76 Å². The fourth-order valence-electron chi connectivity index (χ4n) is 3.77. The maximum atomic E-state index is 13.1. The number of rotatable bonds is 6. The molecule has 0 spiro atoms. The van der Waals surface area contributed by atoms with Crippen LogP contribution in [0.2, 0.25) is 0 Å². The quantitative estimate of drug-likeness (QED) is 0.328. The van der Waals surface area contributed by atoms with E-state index in [0.29, 0.717) is 5.56 Å². The highest BCUT2D eigenvalue weighted by Gasteiger charge is 2.46. The minimum Gasteiger partial charge on any atom is -0.507 e. The summed E-state index contributed by atoms with van der Waals surface area (Å²) in [6, 6.07) is 11.5. The second-order valence-electron chi connectivity index (χ2n) is 7.89. The molecule has 1 unspecified atom stereocenters. The Labute approximate surface area is 197 Å². The number of pyridine rings is 2. The third-order valence-corrected chi connectivity index (χ3v) is 7.35. The number of amides is 1. The number of likely N-dealkylation sites (tertiary alicyclic amines) is 1. The first-order valence-electron chi connectivity index (χ1n) is 10.3.